The minimum atomic E-state index is -5.93. The van der Waals surface area contributed by atoms with Gasteiger partial charge in [0, 0.05) is 5.56 Å². The number of halogens is 6. The molecule has 0 amide bonds. The summed E-state index contributed by atoms with van der Waals surface area (Å²) in [6.45, 7) is 0. The standard InChI is InChI=1S/C9H6ClF5O/c10-7(16,6-4-2-1-3-5-6)8(11,12)9(13,14)15/h1-5,16H. The van der Waals surface area contributed by atoms with Gasteiger partial charge in [0.1, 0.15) is 0 Å². The maximum atomic E-state index is 12.9. The van der Waals surface area contributed by atoms with Gasteiger partial charge in [-0.1, -0.05) is 41.9 Å². The highest BCUT2D eigenvalue weighted by atomic mass is 35.5. The fourth-order valence-corrected chi connectivity index (χ4v) is 1.26. The number of alkyl halides is 6. The Morgan fingerprint density at radius 1 is 0.938 bits per heavy atom. The summed E-state index contributed by atoms with van der Waals surface area (Å²) in [6, 6.07) is 5.53. The third kappa shape index (κ3) is 1.99. The minimum Gasteiger partial charge on any atom is -0.366 e. The molecule has 90 valence electrons. The molecule has 0 radical (unpaired) electrons. The van der Waals surface area contributed by atoms with Gasteiger partial charge < -0.3 is 5.11 Å². The van der Waals surface area contributed by atoms with Crippen molar-refractivity contribution >= 4 is 11.6 Å². The molecule has 7 heteroatoms. The largest absolute Gasteiger partial charge is 0.458 e. The molecule has 0 saturated carbocycles. The van der Waals surface area contributed by atoms with Crippen LogP contribution in [0.3, 0.4) is 0 Å². The zero-order valence-electron chi connectivity index (χ0n) is 7.60. The van der Waals surface area contributed by atoms with Crippen molar-refractivity contribution in [3.8, 4) is 0 Å². The van der Waals surface area contributed by atoms with Crippen molar-refractivity contribution in [2.75, 3.05) is 0 Å². The van der Waals surface area contributed by atoms with Crippen molar-refractivity contribution in [2.45, 2.75) is 17.2 Å². The fraction of sp³-hybridized carbons (Fsp3) is 0.333. The first-order valence-electron chi connectivity index (χ1n) is 4.02. The molecule has 0 saturated heterocycles. The van der Waals surface area contributed by atoms with E-state index in [2.05, 4.69) is 0 Å². The second-order valence-electron chi connectivity index (χ2n) is 3.06. The van der Waals surface area contributed by atoms with Gasteiger partial charge in [0.05, 0.1) is 0 Å². The normalized spacial score (nSPS) is 16.9. The molecule has 0 aromatic heterocycles. The molecule has 1 aromatic carbocycles. The summed E-state index contributed by atoms with van der Waals surface area (Å²) < 4.78 is 61.8. The lowest BCUT2D eigenvalue weighted by Crippen LogP contribution is -2.51. The first kappa shape index (κ1) is 13.2. The van der Waals surface area contributed by atoms with E-state index in [1.165, 1.54) is 18.2 Å². The molecular formula is C9H6ClF5O. The van der Waals surface area contributed by atoms with Crippen molar-refractivity contribution in [2.24, 2.45) is 0 Å². The molecule has 1 N–H and O–H groups in total. The van der Waals surface area contributed by atoms with Crippen LogP contribution in [-0.2, 0) is 5.06 Å². The zero-order valence-corrected chi connectivity index (χ0v) is 8.36. The first-order chi connectivity index (χ1) is 7.11. The van der Waals surface area contributed by atoms with Crippen LogP contribution in [0.25, 0.3) is 0 Å². The van der Waals surface area contributed by atoms with Crippen LogP contribution in [-0.4, -0.2) is 17.2 Å². The van der Waals surface area contributed by atoms with Gasteiger partial charge in [0.15, 0.2) is 0 Å². The Morgan fingerprint density at radius 3 is 1.75 bits per heavy atom. The molecule has 0 aliphatic heterocycles. The molecule has 16 heavy (non-hydrogen) atoms. The SMILES string of the molecule is OC(Cl)(c1ccccc1)C(F)(F)C(F)(F)F. The fourth-order valence-electron chi connectivity index (χ4n) is 1.03. The Kier molecular flexibility index (Phi) is 3.17. The van der Waals surface area contributed by atoms with Crippen molar-refractivity contribution < 1.29 is 27.1 Å². The first-order valence-corrected chi connectivity index (χ1v) is 4.40. The quantitative estimate of drug-likeness (QED) is 0.639. The molecule has 0 fully saturated rings. The topological polar surface area (TPSA) is 20.2 Å². The Morgan fingerprint density at radius 2 is 1.38 bits per heavy atom. The van der Waals surface area contributed by atoms with Gasteiger partial charge >= 0.3 is 12.1 Å². The number of hydrogen-bond donors (Lipinski definition) is 1. The third-order valence-electron chi connectivity index (χ3n) is 1.93. The lowest BCUT2D eigenvalue weighted by molar-refractivity contribution is -0.326. The van der Waals surface area contributed by atoms with Crippen LogP contribution in [0.1, 0.15) is 5.56 Å². The number of hydrogen-bond acceptors (Lipinski definition) is 1. The average molecular weight is 261 g/mol. The maximum Gasteiger partial charge on any atom is 0.458 e. The van der Waals surface area contributed by atoms with Crippen molar-refractivity contribution in [1.82, 2.24) is 0 Å². The Labute approximate surface area is 92.5 Å². The van der Waals surface area contributed by atoms with Gasteiger partial charge in [0.25, 0.3) is 0 Å². The van der Waals surface area contributed by atoms with Crippen LogP contribution in [0, 0.1) is 0 Å². The summed E-state index contributed by atoms with van der Waals surface area (Å²) in [7, 11) is 0. The predicted octanol–water partition coefficient (Wildman–Crippen LogP) is 3.27. The van der Waals surface area contributed by atoms with E-state index in [0.29, 0.717) is 0 Å². The summed E-state index contributed by atoms with van der Waals surface area (Å²) >= 11 is 4.92. The summed E-state index contributed by atoms with van der Waals surface area (Å²) in [5.74, 6) is -5.44. The molecule has 1 rings (SSSR count). The number of aliphatic hydroxyl groups is 1. The molecule has 0 aliphatic carbocycles. The zero-order chi connectivity index (χ0) is 12.6. The van der Waals surface area contributed by atoms with Crippen LogP contribution in [0.15, 0.2) is 30.3 Å². The van der Waals surface area contributed by atoms with E-state index in [0.717, 1.165) is 12.1 Å². The van der Waals surface area contributed by atoms with Crippen LogP contribution >= 0.6 is 11.6 Å². The van der Waals surface area contributed by atoms with E-state index in [-0.39, 0.29) is 0 Å². The van der Waals surface area contributed by atoms with E-state index in [1.54, 1.807) is 0 Å². The van der Waals surface area contributed by atoms with E-state index in [1.807, 2.05) is 0 Å². The van der Waals surface area contributed by atoms with Crippen molar-refractivity contribution in [3.63, 3.8) is 0 Å². The highest BCUT2D eigenvalue weighted by Crippen LogP contribution is 2.50. The Bertz CT molecular complexity index is 360. The lowest BCUT2D eigenvalue weighted by atomic mass is 10.0. The average Bonchev–Trinajstić information content (AvgIpc) is 2.17. The monoisotopic (exact) mass is 260 g/mol. The van der Waals surface area contributed by atoms with E-state index in [9.17, 15) is 22.0 Å². The maximum absolute atomic E-state index is 12.9. The Hall–Kier alpha value is -0.880. The second kappa shape index (κ2) is 3.85. The Balaban J connectivity index is 3.22. The van der Waals surface area contributed by atoms with Gasteiger partial charge in [-0.05, 0) is 0 Å². The summed E-state index contributed by atoms with van der Waals surface area (Å²) in [5, 5.41) is 5.33. The molecule has 1 unspecified atom stereocenters. The van der Waals surface area contributed by atoms with Crippen LogP contribution in [0.4, 0.5) is 22.0 Å². The van der Waals surface area contributed by atoms with E-state index < -0.39 is 22.7 Å². The molecule has 1 nitrogen and oxygen atoms in total. The molecule has 0 bridgehead atoms. The smallest absolute Gasteiger partial charge is 0.366 e. The number of rotatable bonds is 2. The van der Waals surface area contributed by atoms with Crippen LogP contribution in [0.2, 0.25) is 0 Å². The summed E-state index contributed by atoms with van der Waals surface area (Å²) in [4.78, 5) is 0. The van der Waals surface area contributed by atoms with Gasteiger partial charge in [-0.25, -0.2) is 0 Å². The molecule has 1 atom stereocenters. The molecule has 0 spiro atoms. The van der Waals surface area contributed by atoms with Crippen LogP contribution in [0.5, 0.6) is 0 Å². The summed E-state index contributed by atoms with van der Waals surface area (Å²) in [6.07, 6.45) is -5.93. The van der Waals surface area contributed by atoms with Gasteiger partial charge in [-0.2, -0.15) is 22.0 Å². The van der Waals surface area contributed by atoms with E-state index in [4.69, 9.17) is 16.7 Å². The molecular weight excluding hydrogens is 255 g/mol. The third-order valence-corrected chi connectivity index (χ3v) is 2.38. The molecule has 1 aromatic rings. The molecule has 0 heterocycles. The predicted molar refractivity (Wildman–Crippen MR) is 47.2 cm³/mol. The second-order valence-corrected chi connectivity index (χ2v) is 3.61. The van der Waals surface area contributed by atoms with Gasteiger partial charge in [0.2, 0.25) is 5.06 Å². The molecule has 0 aliphatic rings. The lowest BCUT2D eigenvalue weighted by Gasteiger charge is -2.31. The van der Waals surface area contributed by atoms with E-state index >= 15 is 0 Å². The van der Waals surface area contributed by atoms with Gasteiger partial charge in [-0.15, -0.1) is 0 Å². The van der Waals surface area contributed by atoms with Crippen molar-refractivity contribution in [1.29, 1.82) is 0 Å². The summed E-state index contributed by atoms with van der Waals surface area (Å²) in [5.41, 5.74) is -0.723. The number of benzene rings is 1. The highest BCUT2D eigenvalue weighted by Gasteiger charge is 2.70. The van der Waals surface area contributed by atoms with Crippen LogP contribution < -0.4 is 0 Å². The van der Waals surface area contributed by atoms with Crippen molar-refractivity contribution in [3.05, 3.63) is 35.9 Å². The minimum absolute atomic E-state index is 0.723. The highest BCUT2D eigenvalue weighted by molar-refractivity contribution is 6.23. The van der Waals surface area contributed by atoms with Gasteiger partial charge in [-0.3, -0.25) is 0 Å².